The highest BCUT2D eigenvalue weighted by Gasteiger charge is 2.28. The number of nitrogens with one attached hydrogen (secondary N) is 1. The van der Waals surface area contributed by atoms with Crippen molar-refractivity contribution in [3.8, 4) is 33.6 Å². The number of benzene rings is 9. The number of hydrogen-bond donors (Lipinski definition) is 1. The van der Waals surface area contributed by atoms with Crippen LogP contribution in [0.2, 0.25) is 0 Å². The molecule has 4 heterocycles. The molecule has 1 aliphatic heterocycles. The third-order valence-electron chi connectivity index (χ3n) is 14.1. The Hall–Kier alpha value is -9.00. The molecule has 1 aliphatic carbocycles. The van der Waals surface area contributed by atoms with Crippen molar-refractivity contribution in [2.24, 2.45) is 9.98 Å². The summed E-state index contributed by atoms with van der Waals surface area (Å²) in [6.45, 7) is 0. The number of aromatic nitrogens is 3. The van der Waals surface area contributed by atoms with E-state index in [0.717, 1.165) is 85.3 Å². The number of para-hydroxylation sites is 3. The summed E-state index contributed by atoms with van der Waals surface area (Å²) in [4.78, 5) is 10.9. The van der Waals surface area contributed by atoms with Crippen LogP contribution in [0.25, 0.3) is 100 Å². The fourth-order valence-electron chi connectivity index (χ4n) is 11.0. The van der Waals surface area contributed by atoms with Crippen LogP contribution in [0.15, 0.2) is 228 Å². The second kappa shape index (κ2) is 15.8. The van der Waals surface area contributed by atoms with Gasteiger partial charge in [0.1, 0.15) is 6.17 Å². The van der Waals surface area contributed by atoms with Crippen molar-refractivity contribution in [2.45, 2.75) is 19.0 Å². The molecule has 1 N–H and O–H groups in total. The molecule has 6 nitrogen and oxygen atoms in total. The summed E-state index contributed by atoms with van der Waals surface area (Å²) in [7, 11) is 0. The Balaban J connectivity index is 1.12. The number of nitrogens with zero attached hydrogens (tertiary/aromatic N) is 5. The van der Waals surface area contributed by atoms with Crippen molar-refractivity contribution >= 4 is 78.5 Å². The van der Waals surface area contributed by atoms with Gasteiger partial charge in [-0.05, 0) is 83.1 Å². The molecule has 1 atom stereocenters. The lowest BCUT2D eigenvalue weighted by molar-refractivity contribution is 0.661. The van der Waals surface area contributed by atoms with Crippen molar-refractivity contribution in [3.05, 3.63) is 240 Å². The Morgan fingerprint density at radius 3 is 1.74 bits per heavy atom. The van der Waals surface area contributed by atoms with E-state index in [1.807, 2.05) is 0 Å². The zero-order chi connectivity index (χ0) is 45.4. The van der Waals surface area contributed by atoms with Gasteiger partial charge in [0.25, 0.3) is 0 Å². The molecule has 326 valence electrons. The van der Waals surface area contributed by atoms with Gasteiger partial charge in [0.15, 0.2) is 5.84 Å². The third kappa shape index (κ3) is 6.26. The first-order valence-corrected chi connectivity index (χ1v) is 23.8. The van der Waals surface area contributed by atoms with E-state index in [2.05, 4.69) is 250 Å². The SMILES string of the molecule is C1=c2c(n(-c3cc(-c4ccccc4)cc4c5ccccc5n(-c5ccccc5)c34)c3c2ccc2c4ccccc4n(C4=NC(c5cccc(-c6ccccc6)c5)=NC(c5ccccc5)N4)c23)=CCC1. The minimum atomic E-state index is -0.394. The Morgan fingerprint density at radius 2 is 0.986 bits per heavy atom. The zero-order valence-electron chi connectivity index (χ0n) is 37.7. The summed E-state index contributed by atoms with van der Waals surface area (Å²) >= 11 is 0. The van der Waals surface area contributed by atoms with E-state index in [0.29, 0.717) is 5.84 Å². The molecule has 14 rings (SSSR count). The highest BCUT2D eigenvalue weighted by molar-refractivity contribution is 6.23. The summed E-state index contributed by atoms with van der Waals surface area (Å²) in [5.41, 5.74) is 14.5. The molecule has 0 saturated heterocycles. The van der Waals surface area contributed by atoms with Gasteiger partial charge >= 0.3 is 0 Å². The van der Waals surface area contributed by atoms with Crippen LogP contribution in [-0.4, -0.2) is 25.5 Å². The fraction of sp³-hybridized carbons (Fsp3) is 0.0476. The topological polar surface area (TPSA) is 51.5 Å². The van der Waals surface area contributed by atoms with Crippen LogP contribution in [0, 0.1) is 0 Å². The van der Waals surface area contributed by atoms with Gasteiger partial charge in [-0.3, -0.25) is 4.57 Å². The average molecular weight is 885 g/mol. The molecule has 2 aliphatic rings. The van der Waals surface area contributed by atoms with Crippen LogP contribution in [0.4, 0.5) is 0 Å². The first-order chi connectivity index (χ1) is 34.2. The van der Waals surface area contributed by atoms with Gasteiger partial charge in [0.05, 0.1) is 33.3 Å². The maximum Gasteiger partial charge on any atom is 0.212 e. The lowest BCUT2D eigenvalue weighted by Crippen LogP contribution is -2.37. The molecular weight excluding hydrogens is 841 g/mol. The van der Waals surface area contributed by atoms with Crippen LogP contribution < -0.4 is 15.9 Å². The monoisotopic (exact) mass is 884 g/mol. The Kier molecular flexibility index (Phi) is 8.99. The van der Waals surface area contributed by atoms with Gasteiger partial charge < -0.3 is 14.5 Å². The van der Waals surface area contributed by atoms with Crippen LogP contribution in [0.1, 0.15) is 30.1 Å². The molecule has 0 saturated carbocycles. The van der Waals surface area contributed by atoms with Crippen molar-refractivity contribution in [1.29, 1.82) is 0 Å². The normalized spacial score (nSPS) is 14.6. The number of hydrogen-bond acceptors (Lipinski definition) is 3. The minimum Gasteiger partial charge on any atom is -0.330 e. The van der Waals surface area contributed by atoms with E-state index >= 15 is 0 Å². The summed E-state index contributed by atoms with van der Waals surface area (Å²) < 4.78 is 7.44. The smallest absolute Gasteiger partial charge is 0.212 e. The van der Waals surface area contributed by atoms with Crippen molar-refractivity contribution in [3.63, 3.8) is 0 Å². The molecule has 0 amide bonds. The first-order valence-electron chi connectivity index (χ1n) is 23.8. The Labute approximate surface area is 398 Å². The second-order valence-corrected chi connectivity index (χ2v) is 18.1. The summed E-state index contributed by atoms with van der Waals surface area (Å²) in [6, 6.07) is 78.5. The van der Waals surface area contributed by atoms with Gasteiger partial charge in [-0.1, -0.05) is 188 Å². The van der Waals surface area contributed by atoms with E-state index in [-0.39, 0.29) is 0 Å². The van der Waals surface area contributed by atoms with Crippen LogP contribution in [0.3, 0.4) is 0 Å². The van der Waals surface area contributed by atoms with Gasteiger partial charge in [-0.15, -0.1) is 0 Å². The van der Waals surface area contributed by atoms with Gasteiger partial charge in [0, 0.05) is 48.7 Å². The predicted octanol–water partition coefficient (Wildman–Crippen LogP) is 13.5. The molecule has 3 aromatic heterocycles. The number of fused-ring (bicyclic) bond motifs is 10. The zero-order valence-corrected chi connectivity index (χ0v) is 37.7. The van der Waals surface area contributed by atoms with Gasteiger partial charge in [-0.25, -0.2) is 4.99 Å². The van der Waals surface area contributed by atoms with E-state index in [9.17, 15) is 0 Å². The Morgan fingerprint density at radius 1 is 0.406 bits per heavy atom. The standard InChI is InChI=1S/C63H44N6/c1-5-20-41(21-6-1)44-26-19-27-45(38-44)62-64-61(43-24-9-3-10-25-43)65-63(66-62)69-56-35-18-14-31-49(56)52-37-36-51-48-30-13-17-34-55(48)68(59(51)60(52)69)57-40-46(42-22-7-2-8-23-42)39-53-50-32-15-16-33-54(50)67(58(53)57)47-28-11-4-12-29-47/h1-12,14-16,18-40,61H,13,17H2,(H,64,65,66). The highest BCUT2D eigenvalue weighted by Crippen LogP contribution is 2.41. The molecule has 0 fully saturated rings. The summed E-state index contributed by atoms with van der Waals surface area (Å²) in [5.74, 6) is 1.40. The summed E-state index contributed by atoms with van der Waals surface area (Å²) in [6.07, 6.45) is 6.44. The van der Waals surface area contributed by atoms with Crippen LogP contribution >= 0.6 is 0 Å². The van der Waals surface area contributed by atoms with Crippen molar-refractivity contribution < 1.29 is 0 Å². The summed E-state index contributed by atoms with van der Waals surface area (Å²) in [5, 5.41) is 12.3. The molecule has 69 heavy (non-hydrogen) atoms. The van der Waals surface area contributed by atoms with E-state index in [1.165, 1.54) is 43.4 Å². The van der Waals surface area contributed by atoms with Gasteiger partial charge in [-0.2, -0.15) is 4.99 Å². The maximum atomic E-state index is 5.57. The van der Waals surface area contributed by atoms with E-state index in [1.54, 1.807) is 0 Å². The molecule has 12 aromatic rings. The second-order valence-electron chi connectivity index (χ2n) is 18.1. The van der Waals surface area contributed by atoms with E-state index in [4.69, 9.17) is 9.98 Å². The third-order valence-corrected chi connectivity index (χ3v) is 14.1. The quantitative estimate of drug-likeness (QED) is 0.178. The predicted molar refractivity (Wildman–Crippen MR) is 287 cm³/mol. The molecule has 9 aromatic carbocycles. The number of rotatable bonds is 6. The minimum absolute atomic E-state index is 0.394. The lowest BCUT2D eigenvalue weighted by atomic mass is 10.0. The highest BCUT2D eigenvalue weighted by atomic mass is 15.3. The molecule has 0 spiro atoms. The van der Waals surface area contributed by atoms with Crippen molar-refractivity contribution in [1.82, 2.24) is 19.0 Å². The molecule has 0 bridgehead atoms. The maximum absolute atomic E-state index is 5.57. The van der Waals surface area contributed by atoms with Crippen molar-refractivity contribution in [2.75, 3.05) is 0 Å². The molecule has 6 heteroatoms. The molecule has 1 unspecified atom stereocenters. The number of amidine groups is 1. The first kappa shape index (κ1) is 39.2. The average Bonchev–Trinajstić information content (AvgIpc) is 4.08. The molecule has 0 radical (unpaired) electrons. The van der Waals surface area contributed by atoms with Gasteiger partial charge in [0.2, 0.25) is 5.96 Å². The van der Waals surface area contributed by atoms with Crippen LogP contribution in [-0.2, 0) is 0 Å². The lowest BCUT2D eigenvalue weighted by Gasteiger charge is -2.25. The largest absolute Gasteiger partial charge is 0.330 e. The Bertz CT molecular complexity index is 4200. The van der Waals surface area contributed by atoms with E-state index < -0.39 is 6.17 Å². The van der Waals surface area contributed by atoms with Crippen LogP contribution in [0.5, 0.6) is 0 Å². The molecular formula is C63H44N6. The fourth-order valence-corrected chi connectivity index (χ4v) is 11.0. The number of aliphatic imine (C=N–C) groups is 2.